The summed E-state index contributed by atoms with van der Waals surface area (Å²) in [6, 6.07) is 8.69. The lowest BCUT2D eigenvalue weighted by atomic mass is 10.2. The lowest BCUT2D eigenvalue weighted by Gasteiger charge is -2.19. The lowest BCUT2D eigenvalue weighted by molar-refractivity contribution is -0.115. The van der Waals surface area contributed by atoms with Crippen LogP contribution in [-0.2, 0) is 15.6 Å². The molecule has 3 atom stereocenters. The van der Waals surface area contributed by atoms with E-state index in [9.17, 15) is 9.00 Å². The highest BCUT2D eigenvalue weighted by Crippen LogP contribution is 2.15. The number of carbonyl (C=O) groups excluding carboxylic acids is 1. The van der Waals surface area contributed by atoms with E-state index in [0.717, 1.165) is 0 Å². The van der Waals surface area contributed by atoms with Crippen LogP contribution in [0.5, 0.6) is 0 Å². The third-order valence-electron chi connectivity index (χ3n) is 3.28. The number of hydrogen-bond acceptors (Lipinski definition) is 3. The van der Waals surface area contributed by atoms with Crippen LogP contribution >= 0.6 is 0 Å². The van der Waals surface area contributed by atoms with Gasteiger partial charge in [0.25, 0.3) is 0 Å². The summed E-state index contributed by atoms with van der Waals surface area (Å²) in [5.74, 6) is -0.0288. The second-order valence-electron chi connectivity index (χ2n) is 5.10. The number of carbonyl (C=O) groups is 1. The second-order valence-corrected chi connectivity index (χ2v) is 7.21. The summed E-state index contributed by atoms with van der Waals surface area (Å²) in [6.45, 7) is 7.53. The maximum Gasteiger partial charge on any atom is 0.239 e. The summed E-state index contributed by atoms with van der Waals surface area (Å²) < 4.78 is 12.2. The average molecular weight is 292 g/mol. The molecule has 0 aromatic heterocycles. The van der Waals surface area contributed by atoms with Crippen LogP contribution < -0.4 is 5.32 Å². The molecule has 20 heavy (non-hydrogen) atoms. The van der Waals surface area contributed by atoms with Crippen LogP contribution in [0.15, 0.2) is 24.3 Å². The van der Waals surface area contributed by atoms with Crippen LogP contribution in [-0.4, -0.2) is 20.6 Å². The molecule has 4 nitrogen and oxygen atoms in total. The first-order valence-corrected chi connectivity index (χ1v) is 7.84. The standard InChI is InChI=1S/C15H20N2O2S/c1-10(2)11(3)20(19)12(4)15(18)17-14-7-5-6-13(8-14)9-16/h5-8,10-12H,1-4H3,(H,17,18). The van der Waals surface area contributed by atoms with Crippen LogP contribution in [0.4, 0.5) is 5.69 Å². The van der Waals surface area contributed by atoms with Crippen molar-refractivity contribution in [2.75, 3.05) is 5.32 Å². The topological polar surface area (TPSA) is 70.0 Å². The first kappa shape index (κ1) is 16.4. The fraction of sp³-hybridized carbons (Fsp3) is 0.467. The van der Waals surface area contributed by atoms with Gasteiger partial charge in [-0.1, -0.05) is 26.8 Å². The molecule has 0 bridgehead atoms. The highest BCUT2D eigenvalue weighted by Gasteiger charge is 2.26. The van der Waals surface area contributed by atoms with E-state index in [4.69, 9.17) is 5.26 Å². The third kappa shape index (κ3) is 4.17. The van der Waals surface area contributed by atoms with Crippen LogP contribution in [0.3, 0.4) is 0 Å². The lowest BCUT2D eigenvalue weighted by Crippen LogP contribution is -2.35. The largest absolute Gasteiger partial charge is 0.325 e. The number of nitrogens with one attached hydrogen (secondary N) is 1. The van der Waals surface area contributed by atoms with Crippen LogP contribution in [0.1, 0.15) is 33.3 Å². The van der Waals surface area contributed by atoms with Gasteiger partial charge in [0.15, 0.2) is 0 Å². The Kier molecular flexibility index (Phi) is 5.90. The summed E-state index contributed by atoms with van der Waals surface area (Å²) in [7, 11) is -1.23. The number of nitrogens with zero attached hydrogens (tertiary/aromatic N) is 1. The van der Waals surface area contributed by atoms with Gasteiger partial charge in [0.2, 0.25) is 5.91 Å². The Morgan fingerprint density at radius 3 is 2.50 bits per heavy atom. The van der Waals surface area contributed by atoms with E-state index in [0.29, 0.717) is 11.3 Å². The summed E-state index contributed by atoms with van der Waals surface area (Å²) in [4.78, 5) is 12.1. The highest BCUT2D eigenvalue weighted by atomic mass is 32.2. The minimum Gasteiger partial charge on any atom is -0.325 e. The molecular formula is C15H20N2O2S. The van der Waals surface area contributed by atoms with Gasteiger partial charge in [0.1, 0.15) is 5.25 Å². The third-order valence-corrected chi connectivity index (χ3v) is 5.47. The van der Waals surface area contributed by atoms with Gasteiger partial charge in [-0.25, -0.2) is 0 Å². The van der Waals surface area contributed by atoms with Crippen molar-refractivity contribution >= 4 is 22.4 Å². The van der Waals surface area contributed by atoms with Gasteiger partial charge in [0.05, 0.1) is 11.6 Å². The maximum absolute atomic E-state index is 12.2. The maximum atomic E-state index is 12.2. The molecule has 1 rings (SSSR count). The summed E-state index contributed by atoms with van der Waals surface area (Å²) in [6.07, 6.45) is 0. The first-order valence-electron chi connectivity index (χ1n) is 6.57. The molecule has 0 aliphatic heterocycles. The van der Waals surface area contributed by atoms with Gasteiger partial charge in [-0.05, 0) is 31.0 Å². The number of anilines is 1. The Hall–Kier alpha value is -1.67. The summed E-state index contributed by atoms with van der Waals surface area (Å²) >= 11 is 0. The predicted octanol–water partition coefficient (Wildman–Crippen LogP) is 2.68. The summed E-state index contributed by atoms with van der Waals surface area (Å²) in [5.41, 5.74) is 1.03. The predicted molar refractivity (Wildman–Crippen MR) is 81.7 cm³/mol. The van der Waals surface area contributed by atoms with Crippen molar-refractivity contribution in [3.05, 3.63) is 29.8 Å². The monoisotopic (exact) mass is 292 g/mol. The van der Waals surface area contributed by atoms with E-state index in [1.54, 1.807) is 31.2 Å². The van der Waals surface area contributed by atoms with E-state index in [1.165, 1.54) is 0 Å². The van der Waals surface area contributed by atoms with E-state index in [1.807, 2.05) is 26.8 Å². The van der Waals surface area contributed by atoms with Crippen molar-refractivity contribution in [1.29, 1.82) is 5.26 Å². The molecule has 0 fully saturated rings. The quantitative estimate of drug-likeness (QED) is 0.907. The van der Waals surface area contributed by atoms with Crippen LogP contribution in [0.25, 0.3) is 0 Å². The number of amides is 1. The molecular weight excluding hydrogens is 272 g/mol. The Morgan fingerprint density at radius 2 is 1.95 bits per heavy atom. The molecule has 0 saturated carbocycles. The van der Waals surface area contributed by atoms with Crippen molar-refractivity contribution < 1.29 is 9.00 Å². The molecule has 0 aliphatic carbocycles. The van der Waals surface area contributed by atoms with Crippen molar-refractivity contribution in [2.45, 2.75) is 38.2 Å². The average Bonchev–Trinajstić information content (AvgIpc) is 2.44. The number of benzene rings is 1. The Labute approximate surface area is 122 Å². The molecule has 0 spiro atoms. The molecule has 1 aromatic rings. The molecule has 1 N–H and O–H groups in total. The molecule has 108 valence electrons. The Morgan fingerprint density at radius 1 is 1.30 bits per heavy atom. The van der Waals surface area contributed by atoms with Crippen LogP contribution in [0, 0.1) is 17.2 Å². The zero-order chi connectivity index (χ0) is 15.3. The van der Waals surface area contributed by atoms with Crippen molar-refractivity contribution in [3.63, 3.8) is 0 Å². The summed E-state index contributed by atoms with van der Waals surface area (Å²) in [5, 5.41) is 10.9. The second kappa shape index (κ2) is 7.20. The molecule has 0 aliphatic rings. The molecule has 1 aromatic carbocycles. The van der Waals surface area contributed by atoms with E-state index >= 15 is 0 Å². The molecule has 0 heterocycles. The van der Waals surface area contributed by atoms with Gasteiger partial charge in [0, 0.05) is 21.7 Å². The SMILES string of the molecule is CC(C)C(C)S(=O)C(C)C(=O)Nc1cccc(C#N)c1. The fourth-order valence-electron chi connectivity index (χ4n) is 1.61. The highest BCUT2D eigenvalue weighted by molar-refractivity contribution is 7.87. The number of nitriles is 1. The Balaban J connectivity index is 2.75. The molecule has 1 amide bonds. The van der Waals surface area contributed by atoms with Crippen LogP contribution in [0.2, 0.25) is 0 Å². The van der Waals surface area contributed by atoms with E-state index in [-0.39, 0.29) is 17.1 Å². The van der Waals surface area contributed by atoms with Gasteiger partial charge in [-0.15, -0.1) is 0 Å². The normalized spacial score (nSPS) is 15.2. The van der Waals surface area contributed by atoms with Crippen molar-refractivity contribution in [1.82, 2.24) is 0 Å². The first-order chi connectivity index (χ1) is 9.36. The number of rotatable bonds is 5. The smallest absolute Gasteiger partial charge is 0.239 e. The molecule has 3 unspecified atom stereocenters. The van der Waals surface area contributed by atoms with Gasteiger partial charge < -0.3 is 5.32 Å². The van der Waals surface area contributed by atoms with Crippen molar-refractivity contribution in [3.8, 4) is 6.07 Å². The number of hydrogen-bond donors (Lipinski definition) is 1. The molecule has 5 heteroatoms. The Bertz CT molecular complexity index is 549. The zero-order valence-electron chi connectivity index (χ0n) is 12.2. The molecule has 0 saturated heterocycles. The van der Waals surface area contributed by atoms with Crippen molar-refractivity contribution in [2.24, 2.45) is 5.92 Å². The van der Waals surface area contributed by atoms with Gasteiger partial charge >= 0.3 is 0 Å². The van der Waals surface area contributed by atoms with Gasteiger partial charge in [-0.3, -0.25) is 9.00 Å². The minimum absolute atomic E-state index is 0.0406. The fourth-order valence-corrected chi connectivity index (χ4v) is 3.06. The minimum atomic E-state index is -1.23. The zero-order valence-corrected chi connectivity index (χ0v) is 13.0. The molecule has 0 radical (unpaired) electrons. The van der Waals surface area contributed by atoms with Gasteiger partial charge in [-0.2, -0.15) is 5.26 Å². The van der Waals surface area contributed by atoms with E-state index < -0.39 is 16.0 Å². The van der Waals surface area contributed by atoms with E-state index in [2.05, 4.69) is 5.32 Å².